The Bertz CT molecular complexity index is 447. The maximum atomic E-state index is 11.7. The molecule has 3 amide bonds. The van der Waals surface area contributed by atoms with Crippen LogP contribution in [0.2, 0.25) is 0 Å². The van der Waals surface area contributed by atoms with Gasteiger partial charge in [0.1, 0.15) is 0 Å². The molecule has 1 aliphatic rings. The van der Waals surface area contributed by atoms with Crippen LogP contribution in [0, 0.1) is 0 Å². The molecule has 2 N–H and O–H groups in total. The van der Waals surface area contributed by atoms with Gasteiger partial charge in [0.25, 0.3) is 0 Å². The van der Waals surface area contributed by atoms with Crippen molar-refractivity contribution in [2.24, 2.45) is 0 Å². The Balaban J connectivity index is 1.67. The van der Waals surface area contributed by atoms with Crippen LogP contribution in [-0.4, -0.2) is 43.0 Å². The number of hydrogen-bond donors (Lipinski definition) is 2. The molecule has 5 nitrogen and oxygen atoms in total. The Morgan fingerprint density at radius 3 is 2.74 bits per heavy atom. The molecular weight excluding hydrogens is 242 g/mol. The summed E-state index contributed by atoms with van der Waals surface area (Å²) in [5.74, 6) is 0.0783. The summed E-state index contributed by atoms with van der Waals surface area (Å²) in [7, 11) is 1.75. The van der Waals surface area contributed by atoms with E-state index in [0.717, 1.165) is 6.42 Å². The smallest absolute Gasteiger partial charge is 0.315 e. The SMILES string of the molecule is CN1CC(NC(=O)NCCc2ccccc2)CC1=O. The summed E-state index contributed by atoms with van der Waals surface area (Å²) in [5.41, 5.74) is 1.19. The van der Waals surface area contributed by atoms with Crippen LogP contribution in [0.5, 0.6) is 0 Å². The first-order valence-corrected chi connectivity index (χ1v) is 6.47. The van der Waals surface area contributed by atoms with Gasteiger partial charge < -0.3 is 15.5 Å². The molecule has 0 radical (unpaired) electrons. The molecule has 102 valence electrons. The molecule has 1 atom stereocenters. The second-order valence-corrected chi connectivity index (χ2v) is 4.81. The Hall–Kier alpha value is -2.04. The van der Waals surface area contributed by atoms with Crippen molar-refractivity contribution < 1.29 is 9.59 Å². The quantitative estimate of drug-likeness (QED) is 0.840. The van der Waals surface area contributed by atoms with Crippen molar-refractivity contribution in [2.75, 3.05) is 20.1 Å². The molecule has 0 saturated carbocycles. The summed E-state index contributed by atoms with van der Waals surface area (Å²) >= 11 is 0. The number of benzene rings is 1. The number of carbonyl (C=O) groups is 2. The summed E-state index contributed by atoms with van der Waals surface area (Å²) < 4.78 is 0. The van der Waals surface area contributed by atoms with Crippen LogP contribution in [0.4, 0.5) is 4.79 Å². The summed E-state index contributed by atoms with van der Waals surface area (Å²) in [5, 5.41) is 5.62. The Labute approximate surface area is 113 Å². The van der Waals surface area contributed by atoms with Gasteiger partial charge in [-0.3, -0.25) is 4.79 Å². The highest BCUT2D eigenvalue weighted by Gasteiger charge is 2.27. The predicted molar refractivity (Wildman–Crippen MR) is 72.7 cm³/mol. The minimum atomic E-state index is -0.205. The number of likely N-dealkylation sites (tertiary alicyclic amines) is 1. The van der Waals surface area contributed by atoms with Crippen molar-refractivity contribution in [2.45, 2.75) is 18.9 Å². The van der Waals surface area contributed by atoms with E-state index in [9.17, 15) is 9.59 Å². The van der Waals surface area contributed by atoms with E-state index in [4.69, 9.17) is 0 Å². The topological polar surface area (TPSA) is 61.4 Å². The first-order chi connectivity index (χ1) is 9.15. The normalized spacial score (nSPS) is 18.5. The standard InChI is InChI=1S/C14H19N3O2/c1-17-10-12(9-13(17)18)16-14(19)15-8-7-11-5-3-2-4-6-11/h2-6,12H,7-10H2,1H3,(H2,15,16,19). The van der Waals surface area contributed by atoms with E-state index >= 15 is 0 Å². The van der Waals surface area contributed by atoms with Crippen LogP contribution in [0.3, 0.4) is 0 Å². The highest BCUT2D eigenvalue weighted by molar-refractivity contribution is 5.81. The number of hydrogen-bond acceptors (Lipinski definition) is 2. The van der Waals surface area contributed by atoms with Crippen LogP contribution < -0.4 is 10.6 Å². The molecule has 1 heterocycles. The fraction of sp³-hybridized carbons (Fsp3) is 0.429. The molecule has 1 aliphatic heterocycles. The summed E-state index contributed by atoms with van der Waals surface area (Å²) in [6, 6.07) is 9.72. The third-order valence-corrected chi connectivity index (χ3v) is 3.22. The van der Waals surface area contributed by atoms with Crippen molar-refractivity contribution in [1.82, 2.24) is 15.5 Å². The molecule has 1 unspecified atom stereocenters. The highest BCUT2D eigenvalue weighted by atomic mass is 16.2. The van der Waals surface area contributed by atoms with Gasteiger partial charge in [-0.05, 0) is 12.0 Å². The molecule has 1 saturated heterocycles. The molecule has 1 aromatic carbocycles. The van der Waals surface area contributed by atoms with E-state index < -0.39 is 0 Å². The number of nitrogens with one attached hydrogen (secondary N) is 2. The lowest BCUT2D eigenvalue weighted by Gasteiger charge is -2.13. The molecule has 5 heteroatoms. The van der Waals surface area contributed by atoms with Gasteiger partial charge in [-0.1, -0.05) is 30.3 Å². The molecule has 0 aromatic heterocycles. The molecule has 19 heavy (non-hydrogen) atoms. The lowest BCUT2D eigenvalue weighted by atomic mass is 10.1. The molecule has 1 fully saturated rings. The average molecular weight is 261 g/mol. The molecule has 2 rings (SSSR count). The second-order valence-electron chi connectivity index (χ2n) is 4.81. The average Bonchev–Trinajstić information content (AvgIpc) is 2.69. The first-order valence-electron chi connectivity index (χ1n) is 6.47. The first kappa shape index (κ1) is 13.4. The summed E-state index contributed by atoms with van der Waals surface area (Å²) in [6.45, 7) is 1.18. The van der Waals surface area contributed by atoms with Crippen molar-refractivity contribution in [3.63, 3.8) is 0 Å². The lowest BCUT2D eigenvalue weighted by molar-refractivity contribution is -0.126. The molecule has 0 bridgehead atoms. The predicted octanol–water partition coefficient (Wildman–Crippen LogP) is 0.759. The van der Waals surface area contributed by atoms with Crippen molar-refractivity contribution in [1.29, 1.82) is 0 Å². The van der Waals surface area contributed by atoms with Crippen LogP contribution >= 0.6 is 0 Å². The van der Waals surface area contributed by atoms with Gasteiger partial charge in [-0.15, -0.1) is 0 Å². The second kappa shape index (κ2) is 6.22. The highest BCUT2D eigenvalue weighted by Crippen LogP contribution is 2.07. The van der Waals surface area contributed by atoms with Gasteiger partial charge in [-0.25, -0.2) is 4.79 Å². The van der Waals surface area contributed by atoms with Crippen LogP contribution in [0.15, 0.2) is 30.3 Å². The zero-order valence-electron chi connectivity index (χ0n) is 11.1. The van der Waals surface area contributed by atoms with Gasteiger partial charge in [0.15, 0.2) is 0 Å². The van der Waals surface area contributed by atoms with Crippen molar-refractivity contribution in [3.8, 4) is 0 Å². The van der Waals surface area contributed by atoms with E-state index in [2.05, 4.69) is 10.6 Å². The van der Waals surface area contributed by atoms with Gasteiger partial charge in [0.05, 0.1) is 6.04 Å². The van der Waals surface area contributed by atoms with Crippen LogP contribution in [0.25, 0.3) is 0 Å². The van der Waals surface area contributed by atoms with E-state index in [1.165, 1.54) is 5.56 Å². The Morgan fingerprint density at radius 1 is 1.37 bits per heavy atom. The minimum absolute atomic E-state index is 0.0748. The zero-order valence-corrected chi connectivity index (χ0v) is 11.1. The number of urea groups is 1. The third-order valence-electron chi connectivity index (χ3n) is 3.22. The Kier molecular flexibility index (Phi) is 4.39. The largest absolute Gasteiger partial charge is 0.344 e. The van der Waals surface area contributed by atoms with E-state index in [1.807, 2.05) is 30.3 Å². The third kappa shape index (κ3) is 3.98. The van der Waals surface area contributed by atoms with E-state index in [1.54, 1.807) is 11.9 Å². The fourth-order valence-corrected chi connectivity index (χ4v) is 2.16. The Morgan fingerprint density at radius 2 is 2.11 bits per heavy atom. The lowest BCUT2D eigenvalue weighted by Crippen LogP contribution is -2.43. The molecule has 1 aromatic rings. The fourth-order valence-electron chi connectivity index (χ4n) is 2.16. The van der Waals surface area contributed by atoms with Crippen molar-refractivity contribution >= 4 is 11.9 Å². The molecular formula is C14H19N3O2. The molecule has 0 aliphatic carbocycles. The monoisotopic (exact) mass is 261 g/mol. The zero-order chi connectivity index (χ0) is 13.7. The van der Waals surface area contributed by atoms with Gasteiger partial charge in [-0.2, -0.15) is 0 Å². The maximum absolute atomic E-state index is 11.7. The van der Waals surface area contributed by atoms with E-state index in [-0.39, 0.29) is 18.0 Å². The number of nitrogens with zero attached hydrogens (tertiary/aromatic N) is 1. The number of likely N-dealkylation sites (N-methyl/N-ethyl adjacent to an activating group) is 1. The van der Waals surface area contributed by atoms with Gasteiger partial charge >= 0.3 is 6.03 Å². The summed E-state index contributed by atoms with van der Waals surface area (Å²) in [6.07, 6.45) is 1.19. The van der Waals surface area contributed by atoms with Crippen LogP contribution in [-0.2, 0) is 11.2 Å². The van der Waals surface area contributed by atoms with Gasteiger partial charge in [0.2, 0.25) is 5.91 Å². The van der Waals surface area contributed by atoms with Crippen molar-refractivity contribution in [3.05, 3.63) is 35.9 Å². The number of amides is 3. The maximum Gasteiger partial charge on any atom is 0.315 e. The molecule has 0 spiro atoms. The van der Waals surface area contributed by atoms with E-state index in [0.29, 0.717) is 19.5 Å². The summed E-state index contributed by atoms with van der Waals surface area (Å²) in [4.78, 5) is 24.6. The van der Waals surface area contributed by atoms with Crippen LogP contribution in [0.1, 0.15) is 12.0 Å². The number of carbonyl (C=O) groups excluding carboxylic acids is 2. The minimum Gasteiger partial charge on any atom is -0.344 e. The van der Waals surface area contributed by atoms with Gasteiger partial charge in [0, 0.05) is 26.6 Å². The number of rotatable bonds is 4.